The Balaban J connectivity index is 1.37. The van der Waals surface area contributed by atoms with Crippen LogP contribution in [0.25, 0.3) is 22.6 Å². The van der Waals surface area contributed by atoms with E-state index in [1.54, 1.807) is 12.1 Å². The third-order valence-corrected chi connectivity index (χ3v) is 6.12. The minimum Gasteiger partial charge on any atom is -0.335 e. The van der Waals surface area contributed by atoms with Crippen LogP contribution in [0.3, 0.4) is 0 Å². The quantitative estimate of drug-likeness (QED) is 0.328. The van der Waals surface area contributed by atoms with E-state index < -0.39 is 0 Å². The number of amides is 1. The van der Waals surface area contributed by atoms with Crippen molar-refractivity contribution in [1.82, 2.24) is 19.9 Å². The molecule has 7 nitrogen and oxygen atoms in total. The summed E-state index contributed by atoms with van der Waals surface area (Å²) in [7, 11) is 0. The topological polar surface area (TPSA) is 98.7 Å². The van der Waals surface area contributed by atoms with Crippen molar-refractivity contribution in [3.05, 3.63) is 64.5 Å². The summed E-state index contributed by atoms with van der Waals surface area (Å²) < 4.78 is 1.40. The number of nitrogens with zero attached hydrogens (tertiary/aromatic N) is 4. The van der Waals surface area contributed by atoms with Gasteiger partial charge in [-0.2, -0.15) is 0 Å². The summed E-state index contributed by atoms with van der Waals surface area (Å²) >= 11 is 8.49. The predicted molar refractivity (Wildman–Crippen MR) is 122 cm³/mol. The number of carbonyl (C=O) groups is 1. The lowest BCUT2D eigenvalue weighted by atomic mass is 10.1. The van der Waals surface area contributed by atoms with E-state index in [1.807, 2.05) is 48.7 Å². The van der Waals surface area contributed by atoms with Gasteiger partial charge in [-0.25, -0.2) is 9.66 Å². The largest absolute Gasteiger partial charge is 0.335 e. The highest BCUT2D eigenvalue weighted by molar-refractivity contribution is 7.99. The highest BCUT2D eigenvalue weighted by Crippen LogP contribution is 2.27. The third-order valence-electron chi connectivity index (χ3n) is 4.16. The van der Waals surface area contributed by atoms with E-state index >= 15 is 0 Å². The van der Waals surface area contributed by atoms with Gasteiger partial charge >= 0.3 is 0 Å². The summed E-state index contributed by atoms with van der Waals surface area (Å²) in [5.41, 5.74) is 3.69. The summed E-state index contributed by atoms with van der Waals surface area (Å²) in [6, 6.07) is 15.2. The zero-order valence-corrected chi connectivity index (χ0v) is 18.3. The van der Waals surface area contributed by atoms with Gasteiger partial charge in [0.2, 0.25) is 11.1 Å². The van der Waals surface area contributed by atoms with Crippen LogP contribution in [0.15, 0.2) is 59.1 Å². The Labute approximate surface area is 186 Å². The molecule has 2 heterocycles. The summed E-state index contributed by atoms with van der Waals surface area (Å²) in [6.07, 6.45) is 0. The molecule has 3 N–H and O–H groups in total. The number of rotatable bonds is 6. The van der Waals surface area contributed by atoms with Gasteiger partial charge in [-0.15, -0.1) is 21.5 Å². The van der Waals surface area contributed by atoms with E-state index in [1.165, 1.54) is 27.8 Å². The van der Waals surface area contributed by atoms with Crippen LogP contribution >= 0.6 is 34.7 Å². The second-order valence-corrected chi connectivity index (χ2v) is 8.66. The zero-order valence-electron chi connectivity index (χ0n) is 15.9. The van der Waals surface area contributed by atoms with Gasteiger partial charge in [0.15, 0.2) is 11.0 Å². The molecule has 0 unspecified atom stereocenters. The summed E-state index contributed by atoms with van der Waals surface area (Å²) in [5.74, 6) is 6.61. The monoisotopic (exact) mass is 456 g/mol. The minimum atomic E-state index is -0.197. The lowest BCUT2D eigenvalue weighted by Crippen LogP contribution is -2.16. The molecule has 0 aliphatic rings. The number of halogens is 1. The molecule has 152 valence electrons. The molecule has 0 aliphatic heterocycles. The van der Waals surface area contributed by atoms with E-state index in [2.05, 4.69) is 20.5 Å². The number of thioether (sulfide) groups is 1. The van der Waals surface area contributed by atoms with E-state index in [4.69, 9.17) is 17.4 Å². The van der Waals surface area contributed by atoms with Gasteiger partial charge < -0.3 is 11.2 Å². The molecule has 4 aromatic rings. The molecular weight excluding hydrogens is 440 g/mol. The first-order chi connectivity index (χ1) is 14.5. The molecule has 10 heteroatoms. The molecule has 1 amide bonds. The molecule has 2 aromatic heterocycles. The number of nitrogens with one attached hydrogen (secondary N) is 1. The molecule has 0 saturated heterocycles. The Bertz CT molecular complexity index is 1190. The van der Waals surface area contributed by atoms with Crippen molar-refractivity contribution in [1.29, 1.82) is 0 Å². The van der Waals surface area contributed by atoms with Crippen molar-refractivity contribution in [3.8, 4) is 22.6 Å². The smallest absolute Gasteiger partial charge is 0.236 e. The molecule has 0 fully saturated rings. The second kappa shape index (κ2) is 8.86. The van der Waals surface area contributed by atoms with Crippen LogP contribution in [0.5, 0.6) is 0 Å². The first-order valence-corrected chi connectivity index (χ1v) is 11.2. The van der Waals surface area contributed by atoms with Gasteiger partial charge in [-0.3, -0.25) is 4.79 Å². The van der Waals surface area contributed by atoms with Gasteiger partial charge in [-0.05, 0) is 25.1 Å². The average molecular weight is 457 g/mol. The Hall–Kier alpha value is -2.88. The van der Waals surface area contributed by atoms with Crippen LogP contribution in [0.4, 0.5) is 5.13 Å². The van der Waals surface area contributed by atoms with Crippen molar-refractivity contribution in [2.75, 3.05) is 16.9 Å². The van der Waals surface area contributed by atoms with Gasteiger partial charge in [0.1, 0.15) is 0 Å². The van der Waals surface area contributed by atoms with Crippen molar-refractivity contribution in [2.24, 2.45) is 0 Å². The van der Waals surface area contributed by atoms with E-state index in [0.29, 0.717) is 21.1 Å². The molecule has 0 radical (unpaired) electrons. The van der Waals surface area contributed by atoms with Gasteiger partial charge in [0, 0.05) is 21.5 Å². The predicted octanol–water partition coefficient (Wildman–Crippen LogP) is 4.48. The number of anilines is 1. The van der Waals surface area contributed by atoms with Crippen molar-refractivity contribution in [2.45, 2.75) is 12.1 Å². The summed E-state index contributed by atoms with van der Waals surface area (Å²) in [5, 5.41) is 14.6. The number of carbonyl (C=O) groups excluding carboxylic acids is 1. The number of thiazole rings is 1. The van der Waals surface area contributed by atoms with Crippen LogP contribution in [0, 0.1) is 6.92 Å². The Morgan fingerprint density at radius 3 is 2.77 bits per heavy atom. The summed E-state index contributed by atoms with van der Waals surface area (Å²) in [6.45, 7) is 2.00. The second-order valence-electron chi connectivity index (χ2n) is 6.43. The van der Waals surface area contributed by atoms with Crippen molar-refractivity contribution < 1.29 is 4.79 Å². The van der Waals surface area contributed by atoms with Gasteiger partial charge in [0.05, 0.1) is 11.4 Å². The standard InChI is InChI=1S/C20H17ClN6OS2/c1-12-3-2-4-14(9-12)18-25-26-20(27(18)22)30-11-17(28)24-19-23-16(10-29-19)13-5-7-15(21)8-6-13/h2-10H,11,22H2,1H3,(H,23,24,28). The van der Waals surface area contributed by atoms with Crippen LogP contribution in [0.2, 0.25) is 5.02 Å². The fourth-order valence-electron chi connectivity index (χ4n) is 2.73. The third kappa shape index (κ3) is 4.64. The number of nitrogen functional groups attached to an aromatic ring is 1. The van der Waals surface area contributed by atoms with Crippen molar-refractivity contribution in [3.63, 3.8) is 0 Å². The highest BCUT2D eigenvalue weighted by atomic mass is 35.5. The number of nitrogens with two attached hydrogens (primary N) is 1. The molecular formula is C20H17ClN6OS2. The lowest BCUT2D eigenvalue weighted by Gasteiger charge is -2.04. The van der Waals surface area contributed by atoms with E-state index in [-0.39, 0.29) is 11.7 Å². The molecule has 0 saturated carbocycles. The molecule has 4 rings (SSSR count). The zero-order chi connectivity index (χ0) is 21.1. The Kier molecular flexibility index (Phi) is 6.03. The molecule has 0 aliphatic carbocycles. The van der Waals surface area contributed by atoms with E-state index in [0.717, 1.165) is 22.4 Å². The normalized spacial score (nSPS) is 10.9. The lowest BCUT2D eigenvalue weighted by molar-refractivity contribution is -0.113. The Morgan fingerprint density at radius 1 is 1.20 bits per heavy atom. The maximum absolute atomic E-state index is 12.3. The summed E-state index contributed by atoms with van der Waals surface area (Å²) in [4.78, 5) is 16.8. The number of hydrogen-bond donors (Lipinski definition) is 2. The number of benzene rings is 2. The number of aromatic nitrogens is 4. The van der Waals surface area contributed by atoms with Crippen LogP contribution in [0.1, 0.15) is 5.56 Å². The average Bonchev–Trinajstić information content (AvgIpc) is 3.34. The highest BCUT2D eigenvalue weighted by Gasteiger charge is 2.15. The number of hydrogen-bond acceptors (Lipinski definition) is 7. The SMILES string of the molecule is Cc1cccc(-c2nnc(SCC(=O)Nc3nc(-c4ccc(Cl)cc4)cs3)n2N)c1. The molecule has 0 atom stereocenters. The maximum atomic E-state index is 12.3. The first kappa shape index (κ1) is 20.4. The maximum Gasteiger partial charge on any atom is 0.236 e. The Morgan fingerprint density at radius 2 is 2.00 bits per heavy atom. The minimum absolute atomic E-state index is 0.138. The fourth-order valence-corrected chi connectivity index (χ4v) is 4.24. The first-order valence-electron chi connectivity index (χ1n) is 8.91. The van der Waals surface area contributed by atoms with Gasteiger partial charge in [-0.1, -0.05) is 59.3 Å². The molecule has 0 bridgehead atoms. The number of aryl methyl sites for hydroxylation is 1. The van der Waals surface area contributed by atoms with Crippen LogP contribution < -0.4 is 11.2 Å². The van der Waals surface area contributed by atoms with Crippen LogP contribution in [-0.2, 0) is 4.79 Å². The van der Waals surface area contributed by atoms with E-state index in [9.17, 15) is 4.79 Å². The molecule has 30 heavy (non-hydrogen) atoms. The molecule has 0 spiro atoms. The molecule has 2 aromatic carbocycles. The fraction of sp³-hybridized carbons (Fsp3) is 0.100. The van der Waals surface area contributed by atoms with Gasteiger partial charge in [0.25, 0.3) is 0 Å². The van der Waals surface area contributed by atoms with Crippen molar-refractivity contribution >= 4 is 45.7 Å². The van der Waals surface area contributed by atoms with Crippen LogP contribution in [-0.4, -0.2) is 31.5 Å².